The largest absolute Gasteiger partial charge is 0.247 e. The SMILES string of the molecule is CC=CCC(F)CCC. The van der Waals surface area contributed by atoms with Gasteiger partial charge in [-0.15, -0.1) is 0 Å². The van der Waals surface area contributed by atoms with Crippen molar-refractivity contribution in [3.8, 4) is 0 Å². The van der Waals surface area contributed by atoms with E-state index >= 15 is 0 Å². The van der Waals surface area contributed by atoms with Gasteiger partial charge in [-0.05, 0) is 19.8 Å². The van der Waals surface area contributed by atoms with Crippen LogP contribution in [0.5, 0.6) is 0 Å². The number of hydrogen-bond donors (Lipinski definition) is 0. The van der Waals surface area contributed by atoms with E-state index in [4.69, 9.17) is 0 Å². The molecule has 0 aliphatic rings. The lowest BCUT2D eigenvalue weighted by Crippen LogP contribution is -1.95. The van der Waals surface area contributed by atoms with Gasteiger partial charge in [0.05, 0.1) is 0 Å². The smallest absolute Gasteiger partial charge is 0.104 e. The van der Waals surface area contributed by atoms with Crippen molar-refractivity contribution in [3.05, 3.63) is 12.2 Å². The summed E-state index contributed by atoms with van der Waals surface area (Å²) < 4.78 is 12.5. The Labute approximate surface area is 56.8 Å². The van der Waals surface area contributed by atoms with Gasteiger partial charge in [0.25, 0.3) is 0 Å². The molecule has 0 nitrogen and oxygen atoms in total. The third-order valence-electron chi connectivity index (χ3n) is 1.23. The van der Waals surface area contributed by atoms with E-state index in [9.17, 15) is 4.39 Å². The molecule has 0 aromatic heterocycles. The van der Waals surface area contributed by atoms with Gasteiger partial charge < -0.3 is 0 Å². The van der Waals surface area contributed by atoms with Gasteiger partial charge in [-0.25, -0.2) is 4.39 Å². The van der Waals surface area contributed by atoms with E-state index in [2.05, 4.69) is 0 Å². The Bertz CT molecular complexity index is 76.6. The van der Waals surface area contributed by atoms with Gasteiger partial charge in [0.15, 0.2) is 0 Å². The molecular weight excluding hydrogens is 115 g/mol. The van der Waals surface area contributed by atoms with E-state index in [0.29, 0.717) is 12.8 Å². The van der Waals surface area contributed by atoms with Crippen molar-refractivity contribution in [1.82, 2.24) is 0 Å². The Kier molecular flexibility index (Phi) is 5.59. The molecule has 1 atom stereocenters. The summed E-state index contributed by atoms with van der Waals surface area (Å²) in [5, 5.41) is 0. The van der Waals surface area contributed by atoms with Crippen molar-refractivity contribution in [1.29, 1.82) is 0 Å². The summed E-state index contributed by atoms with van der Waals surface area (Å²) in [5.74, 6) is 0. The maximum atomic E-state index is 12.5. The zero-order chi connectivity index (χ0) is 7.11. The first-order valence-electron chi connectivity index (χ1n) is 3.56. The Morgan fingerprint density at radius 1 is 1.56 bits per heavy atom. The minimum absolute atomic E-state index is 0.588. The summed E-state index contributed by atoms with van der Waals surface area (Å²) in [7, 11) is 0. The lowest BCUT2D eigenvalue weighted by molar-refractivity contribution is 0.315. The first-order chi connectivity index (χ1) is 4.31. The molecule has 0 saturated heterocycles. The predicted molar refractivity (Wildman–Crippen MR) is 39.2 cm³/mol. The summed E-state index contributed by atoms with van der Waals surface area (Å²) in [6.07, 6.45) is 5.38. The van der Waals surface area contributed by atoms with Gasteiger partial charge in [0.1, 0.15) is 6.17 Å². The molecule has 0 spiro atoms. The molecule has 9 heavy (non-hydrogen) atoms. The van der Waals surface area contributed by atoms with E-state index in [1.165, 1.54) is 0 Å². The highest BCUT2D eigenvalue weighted by molar-refractivity contribution is 4.79. The highest BCUT2D eigenvalue weighted by Crippen LogP contribution is 2.06. The fourth-order valence-corrected chi connectivity index (χ4v) is 0.715. The van der Waals surface area contributed by atoms with E-state index < -0.39 is 6.17 Å². The Balaban J connectivity index is 3.15. The lowest BCUT2D eigenvalue weighted by atomic mass is 10.2. The van der Waals surface area contributed by atoms with Crippen LogP contribution in [0.15, 0.2) is 12.2 Å². The average molecular weight is 130 g/mol. The molecule has 54 valence electrons. The normalized spacial score (nSPS) is 14.6. The van der Waals surface area contributed by atoms with Crippen molar-refractivity contribution >= 4 is 0 Å². The second-order valence-electron chi connectivity index (χ2n) is 2.19. The molecular formula is C8H15F. The first-order valence-corrected chi connectivity index (χ1v) is 3.56. The number of alkyl halides is 1. The molecule has 0 amide bonds. The molecule has 0 bridgehead atoms. The number of halogens is 1. The van der Waals surface area contributed by atoms with Crippen LogP contribution in [0, 0.1) is 0 Å². The summed E-state index contributed by atoms with van der Waals surface area (Å²) in [4.78, 5) is 0. The molecule has 0 aromatic carbocycles. The molecule has 1 unspecified atom stereocenters. The van der Waals surface area contributed by atoms with Crippen LogP contribution < -0.4 is 0 Å². The zero-order valence-corrected chi connectivity index (χ0v) is 6.23. The molecule has 0 fully saturated rings. The second kappa shape index (κ2) is 5.80. The average Bonchev–Trinajstić information content (AvgIpc) is 1.85. The summed E-state index contributed by atoms with van der Waals surface area (Å²) in [5.41, 5.74) is 0. The number of rotatable bonds is 4. The molecule has 0 rings (SSSR count). The Hall–Kier alpha value is -0.330. The monoisotopic (exact) mass is 130 g/mol. The maximum Gasteiger partial charge on any atom is 0.104 e. The minimum Gasteiger partial charge on any atom is -0.247 e. The van der Waals surface area contributed by atoms with E-state index in [0.717, 1.165) is 6.42 Å². The van der Waals surface area contributed by atoms with Crippen LogP contribution in [0.1, 0.15) is 33.1 Å². The van der Waals surface area contributed by atoms with Crippen molar-refractivity contribution < 1.29 is 4.39 Å². The maximum absolute atomic E-state index is 12.5. The van der Waals surface area contributed by atoms with Crippen molar-refractivity contribution in [2.75, 3.05) is 0 Å². The van der Waals surface area contributed by atoms with E-state index in [-0.39, 0.29) is 0 Å². The second-order valence-corrected chi connectivity index (χ2v) is 2.19. The lowest BCUT2D eigenvalue weighted by Gasteiger charge is -1.99. The van der Waals surface area contributed by atoms with Crippen LogP contribution in [0.4, 0.5) is 4.39 Å². The number of hydrogen-bond acceptors (Lipinski definition) is 0. The quantitative estimate of drug-likeness (QED) is 0.513. The fraction of sp³-hybridized carbons (Fsp3) is 0.750. The molecule has 0 radical (unpaired) electrons. The molecule has 0 saturated carbocycles. The standard InChI is InChI=1S/C8H15F/c1-3-5-7-8(9)6-4-2/h3,5,8H,4,6-7H2,1-2H3. The van der Waals surface area contributed by atoms with Crippen LogP contribution >= 0.6 is 0 Å². The van der Waals surface area contributed by atoms with Crippen molar-refractivity contribution in [3.63, 3.8) is 0 Å². The van der Waals surface area contributed by atoms with Gasteiger partial charge in [-0.2, -0.15) is 0 Å². The zero-order valence-electron chi connectivity index (χ0n) is 6.23. The topological polar surface area (TPSA) is 0 Å². The molecule has 0 aliphatic heterocycles. The van der Waals surface area contributed by atoms with E-state index in [1.807, 2.05) is 26.0 Å². The van der Waals surface area contributed by atoms with Gasteiger partial charge in [-0.1, -0.05) is 25.5 Å². The van der Waals surface area contributed by atoms with Gasteiger partial charge >= 0.3 is 0 Å². The summed E-state index contributed by atoms with van der Waals surface area (Å²) in [6.45, 7) is 3.92. The van der Waals surface area contributed by atoms with Gasteiger partial charge in [0.2, 0.25) is 0 Å². The van der Waals surface area contributed by atoms with Crippen LogP contribution in [-0.4, -0.2) is 6.17 Å². The molecule has 0 aliphatic carbocycles. The van der Waals surface area contributed by atoms with E-state index in [1.54, 1.807) is 0 Å². The van der Waals surface area contributed by atoms with Crippen LogP contribution in [0.3, 0.4) is 0 Å². The molecule has 0 N–H and O–H groups in total. The van der Waals surface area contributed by atoms with Crippen LogP contribution in [0.2, 0.25) is 0 Å². The highest BCUT2D eigenvalue weighted by atomic mass is 19.1. The molecule has 0 aromatic rings. The molecule has 0 heterocycles. The third-order valence-corrected chi connectivity index (χ3v) is 1.23. The van der Waals surface area contributed by atoms with Crippen LogP contribution in [0.25, 0.3) is 0 Å². The summed E-state index contributed by atoms with van der Waals surface area (Å²) in [6, 6.07) is 0. The molecule has 1 heteroatoms. The predicted octanol–water partition coefficient (Wildman–Crippen LogP) is 3.09. The number of allylic oxidation sites excluding steroid dienone is 2. The van der Waals surface area contributed by atoms with Crippen LogP contribution in [-0.2, 0) is 0 Å². The van der Waals surface area contributed by atoms with Gasteiger partial charge in [-0.3, -0.25) is 0 Å². The first kappa shape index (κ1) is 8.67. The fourth-order valence-electron chi connectivity index (χ4n) is 0.715. The minimum atomic E-state index is -0.619. The summed E-state index contributed by atoms with van der Waals surface area (Å²) >= 11 is 0. The van der Waals surface area contributed by atoms with Gasteiger partial charge in [0, 0.05) is 0 Å². The Morgan fingerprint density at radius 3 is 2.67 bits per heavy atom. The van der Waals surface area contributed by atoms with Crippen molar-refractivity contribution in [2.45, 2.75) is 39.3 Å². The van der Waals surface area contributed by atoms with Crippen molar-refractivity contribution in [2.24, 2.45) is 0 Å². The highest BCUT2D eigenvalue weighted by Gasteiger charge is 1.99. The Morgan fingerprint density at radius 2 is 2.22 bits per heavy atom. The third kappa shape index (κ3) is 5.54.